The number of hydrogen-bond donors (Lipinski definition) is 2. The van der Waals surface area contributed by atoms with Crippen molar-refractivity contribution >= 4 is 38.5 Å². The number of hydrogen-bond acceptors (Lipinski definition) is 5. The molecule has 0 bridgehead atoms. The van der Waals surface area contributed by atoms with Crippen molar-refractivity contribution in [2.75, 3.05) is 0 Å². The zero-order chi connectivity index (χ0) is 24.6. The molecule has 0 saturated heterocycles. The highest BCUT2D eigenvalue weighted by Gasteiger charge is 2.25. The largest absolute Gasteiger partial charge is 0.341 e. The van der Waals surface area contributed by atoms with Crippen molar-refractivity contribution in [1.29, 1.82) is 0 Å². The van der Waals surface area contributed by atoms with Crippen LogP contribution in [0.1, 0.15) is 57.8 Å². The van der Waals surface area contributed by atoms with Crippen LogP contribution in [0.15, 0.2) is 59.4 Å². The van der Waals surface area contributed by atoms with Crippen molar-refractivity contribution in [3.8, 4) is 0 Å². The van der Waals surface area contributed by atoms with E-state index >= 15 is 0 Å². The molecule has 4 heterocycles. The Morgan fingerprint density at radius 3 is 2.72 bits per heavy atom. The number of aromatic amines is 1. The molecule has 1 atom stereocenters. The van der Waals surface area contributed by atoms with E-state index in [9.17, 15) is 9.59 Å². The lowest BCUT2D eigenvalue weighted by Gasteiger charge is -2.17. The first-order valence-corrected chi connectivity index (χ1v) is 13.2. The van der Waals surface area contributed by atoms with Gasteiger partial charge in [-0.3, -0.25) is 14.2 Å². The molecule has 8 heteroatoms. The normalized spacial score (nSPS) is 14.5. The van der Waals surface area contributed by atoms with E-state index in [1.807, 2.05) is 66.1 Å². The lowest BCUT2D eigenvalue weighted by molar-refractivity contribution is 0.0938. The summed E-state index contributed by atoms with van der Waals surface area (Å²) in [7, 11) is 0. The Morgan fingerprint density at radius 2 is 1.89 bits per heavy atom. The second-order valence-corrected chi connectivity index (χ2v) is 10.4. The number of rotatable bonds is 5. The average molecular weight is 498 g/mol. The van der Waals surface area contributed by atoms with Gasteiger partial charge in [-0.1, -0.05) is 48.9 Å². The lowest BCUT2D eigenvalue weighted by atomic mass is 10.1. The highest BCUT2D eigenvalue weighted by Crippen LogP contribution is 2.29. The van der Waals surface area contributed by atoms with Crippen LogP contribution in [0.3, 0.4) is 0 Å². The number of H-pyrrole nitrogens is 1. The summed E-state index contributed by atoms with van der Waals surface area (Å²) in [5.41, 5.74) is 3.56. The third-order valence-corrected chi connectivity index (χ3v) is 8.13. The van der Waals surface area contributed by atoms with Crippen molar-refractivity contribution in [2.24, 2.45) is 0 Å². The number of imidazole rings is 1. The summed E-state index contributed by atoms with van der Waals surface area (Å²) in [5.74, 6) is 1.33. The molecule has 1 aliphatic rings. The molecule has 0 spiro atoms. The molecule has 0 aliphatic carbocycles. The van der Waals surface area contributed by atoms with Crippen molar-refractivity contribution in [3.63, 3.8) is 0 Å². The number of nitrogens with zero attached hydrogens (tertiary/aromatic N) is 3. The van der Waals surface area contributed by atoms with Gasteiger partial charge in [0.15, 0.2) is 0 Å². The van der Waals surface area contributed by atoms with Crippen LogP contribution in [-0.2, 0) is 19.4 Å². The minimum absolute atomic E-state index is 0.0252. The number of aromatic nitrogens is 4. The predicted molar refractivity (Wildman–Crippen MR) is 143 cm³/mol. The van der Waals surface area contributed by atoms with Crippen LogP contribution in [0, 0.1) is 6.92 Å². The van der Waals surface area contributed by atoms with Gasteiger partial charge >= 0.3 is 0 Å². The third-order valence-electron chi connectivity index (χ3n) is 6.94. The van der Waals surface area contributed by atoms with Crippen LogP contribution in [0.25, 0.3) is 21.3 Å². The first-order chi connectivity index (χ1) is 17.6. The van der Waals surface area contributed by atoms with Crippen LogP contribution in [0.2, 0.25) is 0 Å². The molecule has 7 nitrogen and oxygen atoms in total. The smallest absolute Gasteiger partial charge is 0.262 e. The topological polar surface area (TPSA) is 92.7 Å². The minimum Gasteiger partial charge on any atom is -0.341 e. The van der Waals surface area contributed by atoms with Crippen LogP contribution >= 0.6 is 11.3 Å². The molecule has 3 aromatic heterocycles. The van der Waals surface area contributed by atoms with Gasteiger partial charge in [0.05, 0.1) is 27.3 Å². The number of amides is 1. The zero-order valence-electron chi connectivity index (χ0n) is 20.1. The van der Waals surface area contributed by atoms with Gasteiger partial charge in [-0.25, -0.2) is 9.97 Å². The molecule has 5 aromatic rings. The SMILES string of the molecule is Cc1c(C(=O)N[C@@H](Cc2ccccc2)c2nc3ccccc3[nH]2)sc2nc3n(c(=O)c12)CCCCC3. The standard InChI is InChI=1S/C28H27N5O2S/c1-17-23-27(32-22-14-6-3-9-15-33(22)28(23)35)36-24(17)26(34)31-21(16-18-10-4-2-5-11-18)25-29-19-12-7-8-13-20(19)30-25/h2,4-5,7-8,10-13,21H,3,6,9,14-16H2,1H3,(H,29,30)(H,31,34)/t21-/m0/s1. The molecular weight excluding hydrogens is 470 g/mol. The molecule has 1 amide bonds. The van der Waals surface area contributed by atoms with E-state index < -0.39 is 0 Å². The van der Waals surface area contributed by atoms with Crippen LogP contribution in [0.5, 0.6) is 0 Å². The van der Waals surface area contributed by atoms with Gasteiger partial charge in [-0.2, -0.15) is 0 Å². The summed E-state index contributed by atoms with van der Waals surface area (Å²) in [4.78, 5) is 41.1. The number of nitrogens with one attached hydrogen (secondary N) is 2. The van der Waals surface area contributed by atoms with Gasteiger partial charge in [0.1, 0.15) is 16.5 Å². The number of carbonyl (C=O) groups is 1. The van der Waals surface area contributed by atoms with Crippen molar-refractivity contribution < 1.29 is 4.79 Å². The summed E-state index contributed by atoms with van der Waals surface area (Å²) < 4.78 is 1.81. The Morgan fingerprint density at radius 1 is 1.08 bits per heavy atom. The van der Waals surface area contributed by atoms with Crippen molar-refractivity contribution in [2.45, 2.75) is 51.6 Å². The summed E-state index contributed by atoms with van der Waals surface area (Å²) in [6.45, 7) is 2.55. The van der Waals surface area contributed by atoms with Crippen LogP contribution in [-0.4, -0.2) is 25.4 Å². The Hall–Kier alpha value is -3.78. The van der Waals surface area contributed by atoms with Crippen molar-refractivity contribution in [3.05, 3.63) is 92.6 Å². The molecular formula is C28H27N5O2S. The summed E-state index contributed by atoms with van der Waals surface area (Å²) in [6.07, 6.45) is 4.51. The molecule has 2 N–H and O–H groups in total. The first kappa shape index (κ1) is 22.7. The number of carbonyl (C=O) groups excluding carboxylic acids is 1. The number of para-hydroxylation sites is 2. The number of thiophene rings is 1. The number of aryl methyl sites for hydroxylation is 2. The molecule has 0 fully saturated rings. The minimum atomic E-state index is -0.359. The molecule has 0 radical (unpaired) electrons. The van der Waals surface area contributed by atoms with Crippen LogP contribution < -0.4 is 10.9 Å². The number of fused-ring (bicyclic) bond motifs is 3. The highest BCUT2D eigenvalue weighted by atomic mass is 32.1. The molecule has 2 aromatic carbocycles. The fourth-order valence-electron chi connectivity index (χ4n) is 5.05. The maximum Gasteiger partial charge on any atom is 0.262 e. The van der Waals surface area contributed by atoms with Gasteiger partial charge in [0, 0.05) is 13.0 Å². The Bertz CT molecular complexity index is 1600. The number of benzene rings is 2. The fraction of sp³-hybridized carbons (Fsp3) is 0.286. The van der Waals surface area contributed by atoms with Gasteiger partial charge in [0.25, 0.3) is 11.5 Å². The molecule has 182 valence electrons. The van der Waals surface area contributed by atoms with Gasteiger partial charge < -0.3 is 10.3 Å². The van der Waals surface area contributed by atoms with Gasteiger partial charge in [-0.05, 0) is 49.4 Å². The molecule has 6 rings (SSSR count). The van der Waals surface area contributed by atoms with E-state index in [0.717, 1.165) is 48.1 Å². The maximum atomic E-state index is 13.6. The van der Waals surface area contributed by atoms with Crippen molar-refractivity contribution in [1.82, 2.24) is 24.8 Å². The van der Waals surface area contributed by atoms with E-state index in [2.05, 4.69) is 10.3 Å². The quantitative estimate of drug-likeness (QED) is 0.354. The van der Waals surface area contributed by atoms with E-state index in [4.69, 9.17) is 9.97 Å². The summed E-state index contributed by atoms with van der Waals surface area (Å²) >= 11 is 1.31. The van der Waals surface area contributed by atoms with Gasteiger partial charge in [-0.15, -0.1) is 11.3 Å². The van der Waals surface area contributed by atoms with Gasteiger partial charge in [0.2, 0.25) is 0 Å². The lowest BCUT2D eigenvalue weighted by Crippen LogP contribution is -2.30. The van der Waals surface area contributed by atoms with E-state index in [1.165, 1.54) is 11.3 Å². The molecule has 1 aliphatic heterocycles. The third kappa shape index (κ3) is 4.11. The molecule has 0 unspecified atom stereocenters. The first-order valence-electron chi connectivity index (χ1n) is 12.4. The van der Waals surface area contributed by atoms with E-state index in [1.54, 1.807) is 0 Å². The predicted octanol–water partition coefficient (Wildman–Crippen LogP) is 5.08. The monoisotopic (exact) mass is 497 g/mol. The Balaban J connectivity index is 1.37. The zero-order valence-corrected chi connectivity index (χ0v) is 20.9. The molecule has 0 saturated carbocycles. The summed E-state index contributed by atoms with van der Waals surface area (Å²) in [5, 5.41) is 3.77. The second kappa shape index (κ2) is 9.35. The maximum absolute atomic E-state index is 13.6. The van der Waals surface area contributed by atoms with E-state index in [-0.39, 0.29) is 17.5 Å². The average Bonchev–Trinajstić information content (AvgIpc) is 3.37. The highest BCUT2D eigenvalue weighted by molar-refractivity contribution is 7.20. The Kier molecular flexibility index (Phi) is 5.89. The van der Waals surface area contributed by atoms with Crippen LogP contribution in [0.4, 0.5) is 0 Å². The fourth-order valence-corrected chi connectivity index (χ4v) is 6.15. The Labute approximate surface area is 212 Å². The molecule has 36 heavy (non-hydrogen) atoms. The summed E-state index contributed by atoms with van der Waals surface area (Å²) in [6, 6.07) is 17.5. The van der Waals surface area contributed by atoms with E-state index in [0.29, 0.717) is 39.4 Å². The second-order valence-electron chi connectivity index (χ2n) is 9.39.